The molecule has 90 valence electrons. The third-order valence-electron chi connectivity index (χ3n) is 1.48. The van der Waals surface area contributed by atoms with E-state index in [1.54, 1.807) is 28.6 Å². The van der Waals surface area contributed by atoms with Gasteiger partial charge in [0.05, 0.1) is 11.2 Å². The molecule has 0 saturated heterocycles. The number of rotatable bonds is 6. The number of thioether (sulfide) groups is 1. The van der Waals surface area contributed by atoms with Gasteiger partial charge < -0.3 is 5.73 Å². The molecule has 0 bridgehead atoms. The summed E-state index contributed by atoms with van der Waals surface area (Å²) in [5.41, 5.74) is 8.16. The van der Waals surface area contributed by atoms with E-state index in [1.807, 2.05) is 5.38 Å². The molecule has 0 spiro atoms. The Labute approximate surface area is 102 Å². The maximum Gasteiger partial charge on any atom is 0.318 e. The molecule has 9 heteroatoms. The largest absolute Gasteiger partial charge is 0.386 e. The number of hydrogen-bond donors (Lipinski definition) is 2. The van der Waals surface area contributed by atoms with Crippen LogP contribution < -0.4 is 10.9 Å². The average Bonchev–Trinajstić information content (AvgIpc) is 2.62. The van der Waals surface area contributed by atoms with Crippen molar-refractivity contribution < 1.29 is 8.42 Å². The normalized spacial score (nSPS) is 12.9. The molecule has 0 saturated carbocycles. The van der Waals surface area contributed by atoms with Gasteiger partial charge in [0.2, 0.25) is 0 Å². The van der Waals surface area contributed by atoms with Gasteiger partial charge in [-0.1, -0.05) is 0 Å². The topological polar surface area (TPSA) is 111 Å². The van der Waals surface area contributed by atoms with Crippen molar-refractivity contribution in [2.24, 2.45) is 15.3 Å². The second kappa shape index (κ2) is 6.18. The monoisotopic (exact) mass is 280 g/mol. The Morgan fingerprint density at radius 1 is 1.62 bits per heavy atom. The lowest BCUT2D eigenvalue weighted by atomic mass is 10.5. The quantitative estimate of drug-likeness (QED) is 0.443. The highest BCUT2D eigenvalue weighted by molar-refractivity contribution is 7.98. The first-order chi connectivity index (χ1) is 7.47. The molecule has 4 N–H and O–H groups in total. The van der Waals surface area contributed by atoms with Crippen LogP contribution in [0.15, 0.2) is 15.3 Å². The summed E-state index contributed by atoms with van der Waals surface area (Å²) in [5.74, 6) is 1.50. The molecule has 6 nitrogen and oxygen atoms in total. The zero-order valence-corrected chi connectivity index (χ0v) is 10.8. The van der Waals surface area contributed by atoms with Gasteiger partial charge in [0, 0.05) is 23.3 Å². The van der Waals surface area contributed by atoms with Gasteiger partial charge in [0.25, 0.3) is 0 Å². The molecule has 1 rings (SSSR count). The van der Waals surface area contributed by atoms with Crippen molar-refractivity contribution in [3.63, 3.8) is 0 Å². The molecular weight excluding hydrogens is 268 g/mol. The first kappa shape index (κ1) is 13.4. The maximum absolute atomic E-state index is 10.6. The van der Waals surface area contributed by atoms with Crippen LogP contribution in [0.5, 0.6) is 0 Å². The van der Waals surface area contributed by atoms with Crippen LogP contribution in [-0.2, 0) is 16.0 Å². The predicted octanol–water partition coefficient (Wildman–Crippen LogP) is 0.327. The molecule has 1 heterocycles. The van der Waals surface area contributed by atoms with Crippen molar-refractivity contribution in [2.45, 2.75) is 12.2 Å². The van der Waals surface area contributed by atoms with Gasteiger partial charge in [-0.25, -0.2) is 10.1 Å². The van der Waals surface area contributed by atoms with E-state index in [4.69, 9.17) is 10.9 Å². The summed E-state index contributed by atoms with van der Waals surface area (Å²) in [5, 5.41) is 6.67. The van der Waals surface area contributed by atoms with Gasteiger partial charge in [-0.2, -0.15) is 20.2 Å². The predicted molar refractivity (Wildman–Crippen MR) is 67.6 cm³/mol. The van der Waals surface area contributed by atoms with Gasteiger partial charge in [0.1, 0.15) is 5.84 Å². The number of amidine groups is 1. The van der Waals surface area contributed by atoms with Crippen LogP contribution in [0.1, 0.15) is 12.1 Å². The van der Waals surface area contributed by atoms with Gasteiger partial charge in [-0.05, 0) is 0 Å². The van der Waals surface area contributed by atoms with Gasteiger partial charge in [0.15, 0.2) is 0 Å². The molecule has 0 aliphatic heterocycles. The minimum atomic E-state index is -3.86. The fourth-order valence-corrected chi connectivity index (χ4v) is 2.82. The average molecular weight is 280 g/mol. The van der Waals surface area contributed by atoms with E-state index in [1.165, 1.54) is 0 Å². The number of nitrogens with zero attached hydrogens (tertiary/aromatic N) is 2. The lowest BCUT2D eigenvalue weighted by Crippen LogP contribution is -2.19. The molecule has 1 aromatic rings. The highest BCUT2D eigenvalue weighted by atomic mass is 32.2. The zero-order valence-electron chi connectivity index (χ0n) is 8.37. The molecule has 0 aromatic carbocycles. The van der Waals surface area contributed by atoms with E-state index >= 15 is 0 Å². The third kappa shape index (κ3) is 6.05. The Kier molecular flexibility index (Phi) is 5.19. The maximum atomic E-state index is 10.6. The summed E-state index contributed by atoms with van der Waals surface area (Å²) in [6.45, 7) is 0. The standard InChI is InChI=1S/C7H12N4O2S3/c8-7(11-16(9,12)13)1-2-14-3-6-4-15-5-10-6/h4-5H,1-3H2,(H2,8,11)(H2,9,12,13). The van der Waals surface area contributed by atoms with Crippen molar-refractivity contribution in [1.82, 2.24) is 4.98 Å². The number of nitrogens with two attached hydrogens (primary N) is 2. The van der Waals surface area contributed by atoms with E-state index in [-0.39, 0.29) is 5.84 Å². The molecule has 0 atom stereocenters. The SMILES string of the molecule is NC(CCSCc1cscn1)=NS(N)(=O)=O. The molecular formula is C7H12N4O2S3. The highest BCUT2D eigenvalue weighted by Gasteiger charge is 2.01. The van der Waals surface area contributed by atoms with Gasteiger partial charge >= 0.3 is 10.2 Å². The fourth-order valence-electron chi connectivity index (χ4n) is 0.871. The molecule has 0 radical (unpaired) electrons. The summed E-state index contributed by atoms with van der Waals surface area (Å²) in [6, 6.07) is 0. The second-order valence-electron chi connectivity index (χ2n) is 2.88. The number of aromatic nitrogens is 1. The summed E-state index contributed by atoms with van der Waals surface area (Å²) < 4.78 is 24.3. The lowest BCUT2D eigenvalue weighted by Gasteiger charge is -1.99. The Morgan fingerprint density at radius 3 is 2.94 bits per heavy atom. The van der Waals surface area contributed by atoms with E-state index in [9.17, 15) is 8.42 Å². The van der Waals surface area contributed by atoms with Gasteiger partial charge in [-0.15, -0.1) is 15.7 Å². The first-order valence-electron chi connectivity index (χ1n) is 4.29. The zero-order chi connectivity index (χ0) is 12.0. The minimum Gasteiger partial charge on any atom is -0.386 e. The van der Waals surface area contributed by atoms with Gasteiger partial charge in [-0.3, -0.25) is 0 Å². The Balaban J connectivity index is 2.23. The lowest BCUT2D eigenvalue weighted by molar-refractivity contribution is 0.599. The third-order valence-corrected chi connectivity index (χ3v) is 3.60. The smallest absolute Gasteiger partial charge is 0.318 e. The van der Waals surface area contributed by atoms with E-state index in [0.717, 1.165) is 11.4 Å². The molecule has 0 unspecified atom stereocenters. The van der Waals surface area contributed by atoms with E-state index in [0.29, 0.717) is 12.2 Å². The van der Waals surface area contributed by atoms with Crippen molar-refractivity contribution in [1.29, 1.82) is 0 Å². The van der Waals surface area contributed by atoms with Crippen molar-refractivity contribution in [3.8, 4) is 0 Å². The van der Waals surface area contributed by atoms with Crippen molar-refractivity contribution >= 4 is 39.1 Å². The molecule has 0 aliphatic rings. The Bertz CT molecular complexity index is 440. The highest BCUT2D eigenvalue weighted by Crippen LogP contribution is 2.12. The molecule has 16 heavy (non-hydrogen) atoms. The summed E-state index contributed by atoms with van der Waals surface area (Å²) >= 11 is 3.16. The van der Waals surface area contributed by atoms with Crippen LogP contribution >= 0.6 is 23.1 Å². The van der Waals surface area contributed by atoms with Crippen molar-refractivity contribution in [3.05, 3.63) is 16.6 Å². The van der Waals surface area contributed by atoms with E-state index in [2.05, 4.69) is 9.38 Å². The number of thiazole rings is 1. The first-order valence-corrected chi connectivity index (χ1v) is 7.89. The van der Waals surface area contributed by atoms with Crippen LogP contribution in [0.2, 0.25) is 0 Å². The summed E-state index contributed by atoms with van der Waals surface area (Å²) in [7, 11) is -3.86. The Morgan fingerprint density at radius 2 is 2.38 bits per heavy atom. The minimum absolute atomic E-state index is 0.0354. The Hall–Kier alpha value is -0.640. The van der Waals surface area contributed by atoms with Crippen molar-refractivity contribution in [2.75, 3.05) is 5.75 Å². The molecule has 0 amide bonds. The second-order valence-corrected chi connectivity index (χ2v) is 5.92. The molecule has 0 fully saturated rings. The van der Waals surface area contributed by atoms with E-state index < -0.39 is 10.2 Å². The number of hydrogen-bond acceptors (Lipinski definition) is 5. The molecule has 1 aromatic heterocycles. The van der Waals surface area contributed by atoms with Crippen LogP contribution in [0.25, 0.3) is 0 Å². The summed E-state index contributed by atoms with van der Waals surface area (Å²) in [4.78, 5) is 4.11. The van der Waals surface area contributed by atoms with Crippen LogP contribution in [-0.4, -0.2) is 25.0 Å². The fraction of sp³-hybridized carbons (Fsp3) is 0.429. The van der Waals surface area contributed by atoms with Crippen LogP contribution in [0.3, 0.4) is 0 Å². The van der Waals surface area contributed by atoms with Crippen LogP contribution in [0, 0.1) is 0 Å². The van der Waals surface area contributed by atoms with Crippen LogP contribution in [0.4, 0.5) is 0 Å². The summed E-state index contributed by atoms with van der Waals surface area (Å²) in [6.07, 6.45) is 0.394. The molecule has 0 aliphatic carbocycles.